The predicted octanol–water partition coefficient (Wildman–Crippen LogP) is 3.01. The molecule has 1 aromatic carbocycles. The molecule has 2 nitrogen and oxygen atoms in total. The maximum absolute atomic E-state index is 5.28. The van der Waals surface area contributed by atoms with Gasteiger partial charge in [0.25, 0.3) is 0 Å². The van der Waals surface area contributed by atoms with E-state index in [0.29, 0.717) is 18.6 Å². The smallest absolute Gasteiger partial charge is 0.0657 e. The van der Waals surface area contributed by atoms with E-state index in [4.69, 9.17) is 4.74 Å². The molecular weight excluding hydrogens is 198 g/mol. The minimum absolute atomic E-state index is 0.281. The molecule has 0 fully saturated rings. The summed E-state index contributed by atoms with van der Waals surface area (Å²) in [5.41, 5.74) is 1.29. The van der Waals surface area contributed by atoms with Crippen LogP contribution in [0.3, 0.4) is 0 Å². The first kappa shape index (κ1) is 13.2. The number of methoxy groups -OCH3 is 1. The van der Waals surface area contributed by atoms with Gasteiger partial charge in [-0.25, -0.2) is 0 Å². The average Bonchev–Trinajstić information content (AvgIpc) is 2.29. The first-order valence-corrected chi connectivity index (χ1v) is 5.95. The van der Waals surface area contributed by atoms with Gasteiger partial charge in [0.2, 0.25) is 0 Å². The first-order chi connectivity index (χ1) is 7.65. The third kappa shape index (κ3) is 3.95. The summed E-state index contributed by atoms with van der Waals surface area (Å²) in [6, 6.07) is 11.2. The van der Waals surface area contributed by atoms with Gasteiger partial charge >= 0.3 is 0 Å². The lowest BCUT2D eigenvalue weighted by molar-refractivity contribution is 0.157. The van der Waals surface area contributed by atoms with Crippen LogP contribution < -0.4 is 5.32 Å². The van der Waals surface area contributed by atoms with Crippen LogP contribution in [0, 0.1) is 5.92 Å². The van der Waals surface area contributed by atoms with Crippen molar-refractivity contribution in [2.75, 3.05) is 13.7 Å². The van der Waals surface area contributed by atoms with Crippen LogP contribution in [-0.4, -0.2) is 19.8 Å². The second-order valence-corrected chi connectivity index (χ2v) is 4.62. The Balaban J connectivity index is 2.68. The maximum Gasteiger partial charge on any atom is 0.0657 e. The first-order valence-electron chi connectivity index (χ1n) is 5.95. The van der Waals surface area contributed by atoms with E-state index >= 15 is 0 Å². The van der Waals surface area contributed by atoms with Gasteiger partial charge in [0.1, 0.15) is 0 Å². The molecule has 0 heterocycles. The fourth-order valence-electron chi connectivity index (χ4n) is 1.60. The molecule has 2 heteroatoms. The number of nitrogens with one attached hydrogen (secondary N) is 1. The van der Waals surface area contributed by atoms with Crippen molar-refractivity contribution in [1.82, 2.24) is 5.32 Å². The number of hydrogen-bond donors (Lipinski definition) is 1. The summed E-state index contributed by atoms with van der Waals surface area (Å²) < 4.78 is 5.28. The fourth-order valence-corrected chi connectivity index (χ4v) is 1.60. The van der Waals surface area contributed by atoms with Crippen LogP contribution in [0.4, 0.5) is 0 Å². The van der Waals surface area contributed by atoms with Gasteiger partial charge < -0.3 is 10.1 Å². The highest BCUT2D eigenvalue weighted by Crippen LogP contribution is 2.15. The molecule has 0 aliphatic rings. The Hall–Kier alpha value is -0.860. The van der Waals surface area contributed by atoms with E-state index < -0.39 is 0 Å². The highest BCUT2D eigenvalue weighted by atomic mass is 16.5. The van der Waals surface area contributed by atoms with E-state index in [1.54, 1.807) is 7.11 Å². The Morgan fingerprint density at radius 2 is 1.75 bits per heavy atom. The maximum atomic E-state index is 5.28. The van der Waals surface area contributed by atoms with E-state index in [0.717, 1.165) is 0 Å². The molecule has 90 valence electrons. The quantitative estimate of drug-likeness (QED) is 0.797. The summed E-state index contributed by atoms with van der Waals surface area (Å²) in [5, 5.41) is 3.61. The van der Waals surface area contributed by atoms with E-state index in [1.807, 2.05) is 6.07 Å². The zero-order chi connectivity index (χ0) is 12.0. The van der Waals surface area contributed by atoms with Crippen molar-refractivity contribution in [3.63, 3.8) is 0 Å². The molecule has 1 rings (SSSR count). The SMILES string of the molecule is COC[C@H](N[C@H](C)C(C)C)c1ccccc1. The minimum atomic E-state index is 0.281. The lowest BCUT2D eigenvalue weighted by Gasteiger charge is -2.25. The summed E-state index contributed by atoms with van der Waals surface area (Å²) in [7, 11) is 1.75. The van der Waals surface area contributed by atoms with Gasteiger partial charge in [-0.1, -0.05) is 44.2 Å². The predicted molar refractivity (Wildman–Crippen MR) is 68.5 cm³/mol. The molecule has 16 heavy (non-hydrogen) atoms. The van der Waals surface area contributed by atoms with Crippen LogP contribution in [0.5, 0.6) is 0 Å². The Labute approximate surface area is 99.0 Å². The van der Waals surface area contributed by atoms with Gasteiger partial charge in [-0.2, -0.15) is 0 Å². The molecule has 0 saturated heterocycles. The Morgan fingerprint density at radius 1 is 1.12 bits per heavy atom. The molecule has 0 spiro atoms. The zero-order valence-corrected chi connectivity index (χ0v) is 10.7. The van der Waals surface area contributed by atoms with Crippen LogP contribution in [0.15, 0.2) is 30.3 Å². The zero-order valence-electron chi connectivity index (χ0n) is 10.7. The molecule has 2 atom stereocenters. The standard InChI is InChI=1S/C14H23NO/c1-11(2)12(3)15-14(10-16-4)13-8-6-5-7-9-13/h5-9,11-12,14-15H,10H2,1-4H3/t12-,14+/m1/s1. The fraction of sp³-hybridized carbons (Fsp3) is 0.571. The summed E-state index contributed by atoms with van der Waals surface area (Å²) in [5.74, 6) is 0.628. The molecule has 1 aromatic rings. The van der Waals surface area contributed by atoms with E-state index in [9.17, 15) is 0 Å². The topological polar surface area (TPSA) is 21.3 Å². The van der Waals surface area contributed by atoms with Gasteiger partial charge in [0.05, 0.1) is 12.6 Å². The Morgan fingerprint density at radius 3 is 2.25 bits per heavy atom. The van der Waals surface area contributed by atoms with Gasteiger partial charge in [-0.05, 0) is 18.4 Å². The molecule has 1 N–H and O–H groups in total. The molecular formula is C14H23NO. The molecule has 0 aliphatic carbocycles. The van der Waals surface area contributed by atoms with Crippen molar-refractivity contribution in [3.8, 4) is 0 Å². The second kappa shape index (κ2) is 6.66. The van der Waals surface area contributed by atoms with Gasteiger partial charge in [0, 0.05) is 13.2 Å². The van der Waals surface area contributed by atoms with Gasteiger partial charge in [0.15, 0.2) is 0 Å². The number of benzene rings is 1. The molecule has 0 aromatic heterocycles. The monoisotopic (exact) mass is 221 g/mol. The largest absolute Gasteiger partial charge is 0.383 e. The highest BCUT2D eigenvalue weighted by molar-refractivity contribution is 5.19. The minimum Gasteiger partial charge on any atom is -0.383 e. The van der Waals surface area contributed by atoms with Crippen LogP contribution in [0.2, 0.25) is 0 Å². The van der Waals surface area contributed by atoms with Gasteiger partial charge in [-0.15, -0.1) is 0 Å². The van der Waals surface area contributed by atoms with Crippen LogP contribution in [-0.2, 0) is 4.74 Å². The molecule has 0 unspecified atom stereocenters. The van der Waals surface area contributed by atoms with Crippen molar-refractivity contribution in [1.29, 1.82) is 0 Å². The van der Waals surface area contributed by atoms with Crippen molar-refractivity contribution >= 4 is 0 Å². The molecule has 0 bridgehead atoms. The highest BCUT2D eigenvalue weighted by Gasteiger charge is 2.15. The third-order valence-corrected chi connectivity index (χ3v) is 3.00. The molecule has 0 amide bonds. The van der Waals surface area contributed by atoms with E-state index in [2.05, 4.69) is 50.4 Å². The van der Waals surface area contributed by atoms with E-state index in [1.165, 1.54) is 5.56 Å². The summed E-state index contributed by atoms with van der Waals surface area (Å²) in [4.78, 5) is 0. The number of ether oxygens (including phenoxy) is 1. The van der Waals surface area contributed by atoms with Crippen molar-refractivity contribution in [3.05, 3.63) is 35.9 Å². The molecule has 0 radical (unpaired) electrons. The third-order valence-electron chi connectivity index (χ3n) is 3.00. The molecule has 0 aliphatic heterocycles. The van der Waals surface area contributed by atoms with Crippen LogP contribution in [0.25, 0.3) is 0 Å². The van der Waals surface area contributed by atoms with Crippen molar-refractivity contribution < 1.29 is 4.74 Å². The summed E-state index contributed by atoms with van der Waals surface area (Å²) >= 11 is 0. The summed E-state index contributed by atoms with van der Waals surface area (Å²) in [6.07, 6.45) is 0. The second-order valence-electron chi connectivity index (χ2n) is 4.62. The van der Waals surface area contributed by atoms with Crippen molar-refractivity contribution in [2.24, 2.45) is 5.92 Å². The van der Waals surface area contributed by atoms with E-state index in [-0.39, 0.29) is 6.04 Å². The number of rotatable bonds is 6. The Bertz CT molecular complexity index is 284. The van der Waals surface area contributed by atoms with Gasteiger partial charge in [-0.3, -0.25) is 0 Å². The van der Waals surface area contributed by atoms with Crippen LogP contribution in [0.1, 0.15) is 32.4 Å². The molecule has 0 saturated carbocycles. The van der Waals surface area contributed by atoms with Crippen molar-refractivity contribution in [2.45, 2.75) is 32.9 Å². The summed E-state index contributed by atoms with van der Waals surface area (Å²) in [6.45, 7) is 7.39. The Kier molecular flexibility index (Phi) is 5.50. The lowest BCUT2D eigenvalue weighted by Crippen LogP contribution is -2.36. The van der Waals surface area contributed by atoms with Crippen LogP contribution >= 0.6 is 0 Å². The number of hydrogen-bond acceptors (Lipinski definition) is 2. The average molecular weight is 221 g/mol. The normalized spacial score (nSPS) is 15.1. The lowest BCUT2D eigenvalue weighted by atomic mass is 10.0.